The van der Waals surface area contributed by atoms with Crippen LogP contribution in [0.5, 0.6) is 0 Å². The van der Waals surface area contributed by atoms with Crippen molar-refractivity contribution in [3.8, 4) is 0 Å². The first kappa shape index (κ1) is 23.2. The minimum Gasteiger partial charge on any atom is -0.352 e. The fourth-order valence-corrected chi connectivity index (χ4v) is 2.71. The highest BCUT2D eigenvalue weighted by Gasteiger charge is 2.14. The van der Waals surface area contributed by atoms with Crippen molar-refractivity contribution in [1.82, 2.24) is 10.2 Å². The maximum Gasteiger partial charge on any atom is 0.220 e. The minimum absolute atomic E-state index is 0. The van der Waals surface area contributed by atoms with Gasteiger partial charge in [0.25, 0.3) is 0 Å². The molecule has 0 radical (unpaired) electrons. The number of nitrogens with one attached hydrogen (secondary N) is 1. The molecular formula is C15H33Cl2N3O. The molecule has 1 aliphatic heterocycles. The lowest BCUT2D eigenvalue weighted by atomic mass is 10.1. The molecule has 1 saturated heterocycles. The van der Waals surface area contributed by atoms with Crippen LogP contribution in [0.1, 0.15) is 58.3 Å². The van der Waals surface area contributed by atoms with E-state index in [-0.39, 0.29) is 36.8 Å². The van der Waals surface area contributed by atoms with Gasteiger partial charge >= 0.3 is 0 Å². The molecule has 0 aromatic heterocycles. The molecule has 1 fully saturated rings. The smallest absolute Gasteiger partial charge is 0.220 e. The normalized spacial score (nSPS) is 16.5. The number of piperidine rings is 1. The fourth-order valence-electron chi connectivity index (χ4n) is 2.71. The average molecular weight is 342 g/mol. The predicted octanol–water partition coefficient (Wildman–Crippen LogP) is 2.73. The van der Waals surface area contributed by atoms with Crippen molar-refractivity contribution in [3.63, 3.8) is 0 Å². The van der Waals surface area contributed by atoms with Crippen LogP contribution in [0, 0.1) is 0 Å². The molecule has 1 amide bonds. The molecule has 1 aliphatic rings. The Hall–Kier alpha value is -0.0300. The van der Waals surface area contributed by atoms with Crippen molar-refractivity contribution in [2.75, 3.05) is 26.2 Å². The van der Waals surface area contributed by atoms with Crippen molar-refractivity contribution >= 4 is 30.7 Å². The summed E-state index contributed by atoms with van der Waals surface area (Å²) in [5, 5.41) is 3.11. The number of halogens is 2. The number of carbonyl (C=O) groups is 1. The van der Waals surface area contributed by atoms with Crippen LogP contribution in [0.15, 0.2) is 0 Å². The number of hydrogen-bond acceptors (Lipinski definition) is 3. The van der Waals surface area contributed by atoms with Crippen LogP contribution in [-0.2, 0) is 4.79 Å². The van der Waals surface area contributed by atoms with Gasteiger partial charge in [0.2, 0.25) is 5.91 Å². The van der Waals surface area contributed by atoms with Gasteiger partial charge in [-0.05, 0) is 52.2 Å². The zero-order chi connectivity index (χ0) is 13.9. The summed E-state index contributed by atoms with van der Waals surface area (Å²) in [7, 11) is 0. The van der Waals surface area contributed by atoms with Gasteiger partial charge < -0.3 is 16.0 Å². The first-order valence-corrected chi connectivity index (χ1v) is 7.94. The highest BCUT2D eigenvalue weighted by molar-refractivity contribution is 5.85. The summed E-state index contributed by atoms with van der Waals surface area (Å²) in [6, 6.07) is 0.273. The molecule has 21 heavy (non-hydrogen) atoms. The van der Waals surface area contributed by atoms with Crippen LogP contribution in [0.3, 0.4) is 0 Å². The summed E-state index contributed by atoms with van der Waals surface area (Å²) < 4.78 is 0. The summed E-state index contributed by atoms with van der Waals surface area (Å²) in [6.07, 6.45) is 8.96. The largest absolute Gasteiger partial charge is 0.352 e. The van der Waals surface area contributed by atoms with Gasteiger partial charge in [0.05, 0.1) is 0 Å². The van der Waals surface area contributed by atoms with Crippen molar-refractivity contribution in [1.29, 1.82) is 0 Å². The number of rotatable bonds is 9. The average Bonchev–Trinajstić information content (AvgIpc) is 2.39. The first-order chi connectivity index (χ1) is 9.22. The molecule has 1 rings (SSSR count). The Morgan fingerprint density at radius 3 is 2.33 bits per heavy atom. The lowest BCUT2D eigenvalue weighted by Crippen LogP contribution is -2.43. The lowest BCUT2D eigenvalue weighted by Gasteiger charge is -2.29. The van der Waals surface area contributed by atoms with E-state index in [4.69, 9.17) is 5.73 Å². The molecule has 0 aliphatic carbocycles. The third kappa shape index (κ3) is 12.2. The molecule has 3 N–H and O–H groups in total. The van der Waals surface area contributed by atoms with Crippen LogP contribution in [0.2, 0.25) is 0 Å². The minimum atomic E-state index is 0. The van der Waals surface area contributed by atoms with Crippen molar-refractivity contribution in [2.45, 2.75) is 64.3 Å². The van der Waals surface area contributed by atoms with E-state index in [0.717, 1.165) is 38.8 Å². The zero-order valence-corrected chi connectivity index (χ0v) is 14.9. The molecule has 4 nitrogen and oxygen atoms in total. The van der Waals surface area contributed by atoms with Gasteiger partial charge in [0.1, 0.15) is 0 Å². The number of nitrogens with two attached hydrogens (primary N) is 1. The first-order valence-electron chi connectivity index (χ1n) is 7.94. The van der Waals surface area contributed by atoms with E-state index in [9.17, 15) is 4.79 Å². The molecule has 1 unspecified atom stereocenters. The van der Waals surface area contributed by atoms with Crippen LogP contribution < -0.4 is 11.1 Å². The zero-order valence-electron chi connectivity index (χ0n) is 13.3. The highest BCUT2D eigenvalue weighted by atomic mass is 35.5. The van der Waals surface area contributed by atoms with E-state index in [1.54, 1.807) is 0 Å². The lowest BCUT2D eigenvalue weighted by molar-refractivity contribution is -0.121. The van der Waals surface area contributed by atoms with Gasteiger partial charge in [0.15, 0.2) is 0 Å². The van der Waals surface area contributed by atoms with Crippen molar-refractivity contribution < 1.29 is 4.79 Å². The summed E-state index contributed by atoms with van der Waals surface area (Å²) in [5.74, 6) is 0.206. The van der Waals surface area contributed by atoms with Gasteiger partial charge in [-0.2, -0.15) is 0 Å². The molecular weight excluding hydrogens is 309 g/mol. The SMILES string of the molecule is CC(CN1CCCCC1)NC(=O)CCCCCCN.Cl.Cl. The Morgan fingerprint density at radius 2 is 1.71 bits per heavy atom. The van der Waals surface area contributed by atoms with Gasteiger partial charge in [0, 0.05) is 19.0 Å². The van der Waals surface area contributed by atoms with E-state index < -0.39 is 0 Å². The van der Waals surface area contributed by atoms with E-state index in [0.29, 0.717) is 6.42 Å². The number of hydrogen-bond donors (Lipinski definition) is 2. The Morgan fingerprint density at radius 1 is 1.10 bits per heavy atom. The summed E-state index contributed by atoms with van der Waals surface area (Å²) >= 11 is 0. The molecule has 128 valence electrons. The molecule has 1 heterocycles. The topological polar surface area (TPSA) is 58.4 Å². The predicted molar refractivity (Wildman–Crippen MR) is 94.5 cm³/mol. The Bertz CT molecular complexity index is 249. The molecule has 0 saturated carbocycles. The summed E-state index contributed by atoms with van der Waals surface area (Å²) in [6.45, 7) is 6.26. The quantitative estimate of drug-likeness (QED) is 0.634. The maximum absolute atomic E-state index is 11.8. The van der Waals surface area contributed by atoms with E-state index in [2.05, 4.69) is 17.1 Å². The van der Waals surface area contributed by atoms with Crippen LogP contribution in [0.25, 0.3) is 0 Å². The molecule has 0 aromatic rings. The molecule has 0 aromatic carbocycles. The second-order valence-electron chi connectivity index (χ2n) is 5.78. The highest BCUT2D eigenvalue weighted by Crippen LogP contribution is 2.09. The molecule has 0 spiro atoms. The molecule has 6 heteroatoms. The Labute approximate surface area is 142 Å². The van der Waals surface area contributed by atoms with Crippen molar-refractivity contribution in [3.05, 3.63) is 0 Å². The molecule has 0 bridgehead atoms. The van der Waals surface area contributed by atoms with E-state index in [1.807, 2.05) is 0 Å². The number of carbonyl (C=O) groups excluding carboxylic acids is 1. The summed E-state index contributed by atoms with van der Waals surface area (Å²) in [4.78, 5) is 14.2. The second-order valence-corrected chi connectivity index (χ2v) is 5.78. The van der Waals surface area contributed by atoms with Gasteiger partial charge in [-0.25, -0.2) is 0 Å². The monoisotopic (exact) mass is 341 g/mol. The Balaban J connectivity index is 0. The van der Waals surface area contributed by atoms with Gasteiger partial charge in [-0.1, -0.05) is 19.3 Å². The number of unbranched alkanes of at least 4 members (excludes halogenated alkanes) is 3. The number of amides is 1. The second kappa shape index (κ2) is 14.9. The molecule has 1 atom stereocenters. The van der Waals surface area contributed by atoms with Crippen LogP contribution in [0.4, 0.5) is 0 Å². The maximum atomic E-state index is 11.8. The van der Waals surface area contributed by atoms with Gasteiger partial charge in [-0.15, -0.1) is 24.8 Å². The van der Waals surface area contributed by atoms with Crippen LogP contribution in [-0.4, -0.2) is 43.0 Å². The third-order valence-electron chi connectivity index (χ3n) is 3.75. The van der Waals surface area contributed by atoms with Crippen LogP contribution >= 0.6 is 24.8 Å². The Kier molecular flexibility index (Phi) is 16.5. The van der Waals surface area contributed by atoms with E-state index >= 15 is 0 Å². The standard InChI is InChI=1S/C15H31N3O.2ClH/c1-14(13-18-11-7-4-8-12-18)17-15(19)9-5-2-3-6-10-16;;/h14H,2-13,16H2,1H3,(H,17,19);2*1H. The summed E-state index contributed by atoms with van der Waals surface area (Å²) in [5.41, 5.74) is 5.44. The number of nitrogens with zero attached hydrogens (tertiary/aromatic N) is 1. The third-order valence-corrected chi connectivity index (χ3v) is 3.75. The van der Waals surface area contributed by atoms with Gasteiger partial charge in [-0.3, -0.25) is 4.79 Å². The van der Waals surface area contributed by atoms with E-state index in [1.165, 1.54) is 32.4 Å². The number of likely N-dealkylation sites (tertiary alicyclic amines) is 1. The van der Waals surface area contributed by atoms with Crippen molar-refractivity contribution in [2.24, 2.45) is 5.73 Å². The fraction of sp³-hybridized carbons (Fsp3) is 0.933.